The van der Waals surface area contributed by atoms with Gasteiger partial charge in [-0.05, 0) is 52.6 Å². The van der Waals surface area contributed by atoms with Gasteiger partial charge in [-0.25, -0.2) is 0 Å². The maximum Gasteiger partial charge on any atom is 0.271 e. The molecule has 1 fully saturated rings. The lowest BCUT2D eigenvalue weighted by molar-refractivity contribution is -0.384. The molecule has 1 aromatic carbocycles. The second-order valence-electron chi connectivity index (χ2n) is 6.50. The fraction of sp³-hybridized carbons (Fsp3) is 0.625. The van der Waals surface area contributed by atoms with E-state index in [9.17, 15) is 10.1 Å². The summed E-state index contributed by atoms with van der Waals surface area (Å²) in [6.07, 6.45) is 3.62. The Bertz CT molecular complexity index is 519. The van der Waals surface area contributed by atoms with E-state index >= 15 is 0 Å². The molecule has 116 valence electrons. The van der Waals surface area contributed by atoms with Gasteiger partial charge in [-0.1, -0.05) is 27.2 Å². The minimum absolute atomic E-state index is 0.130. The van der Waals surface area contributed by atoms with E-state index in [4.69, 9.17) is 0 Å². The smallest absolute Gasteiger partial charge is 0.271 e. The van der Waals surface area contributed by atoms with Crippen molar-refractivity contribution in [3.05, 3.63) is 32.8 Å². The van der Waals surface area contributed by atoms with Crippen molar-refractivity contribution in [3.63, 3.8) is 0 Å². The number of halogens is 1. The first-order chi connectivity index (χ1) is 9.88. The number of non-ortho nitro benzene ring substituents is 1. The Labute approximate surface area is 134 Å². The van der Waals surface area contributed by atoms with Crippen molar-refractivity contribution in [2.45, 2.75) is 46.1 Å². The Morgan fingerprint density at radius 1 is 1.38 bits per heavy atom. The van der Waals surface area contributed by atoms with Gasteiger partial charge < -0.3 is 5.32 Å². The largest absolute Gasteiger partial charge is 0.381 e. The monoisotopic (exact) mass is 354 g/mol. The number of nitro groups is 1. The molecule has 2 rings (SSSR count). The quantitative estimate of drug-likeness (QED) is 0.594. The van der Waals surface area contributed by atoms with Crippen molar-refractivity contribution in [1.82, 2.24) is 0 Å². The van der Waals surface area contributed by atoms with Crippen LogP contribution in [0.4, 0.5) is 11.4 Å². The molecule has 0 heterocycles. The van der Waals surface area contributed by atoms with Gasteiger partial charge in [0, 0.05) is 22.6 Å². The molecule has 3 atom stereocenters. The van der Waals surface area contributed by atoms with Crippen LogP contribution in [0.5, 0.6) is 0 Å². The average Bonchev–Trinajstić information content (AvgIpc) is 2.40. The lowest BCUT2D eigenvalue weighted by Gasteiger charge is -2.38. The molecule has 3 unspecified atom stereocenters. The lowest BCUT2D eigenvalue weighted by atomic mass is 9.74. The van der Waals surface area contributed by atoms with Crippen molar-refractivity contribution in [3.8, 4) is 0 Å². The van der Waals surface area contributed by atoms with Crippen molar-refractivity contribution < 1.29 is 4.92 Å². The minimum Gasteiger partial charge on any atom is -0.381 e. The third kappa shape index (κ3) is 3.96. The van der Waals surface area contributed by atoms with E-state index in [1.165, 1.54) is 18.9 Å². The third-order valence-electron chi connectivity index (χ3n) is 4.52. The maximum atomic E-state index is 10.9. The van der Waals surface area contributed by atoms with E-state index in [-0.39, 0.29) is 10.6 Å². The summed E-state index contributed by atoms with van der Waals surface area (Å²) in [7, 11) is 0. The molecular formula is C16H23BrN2O2. The number of anilines is 1. The van der Waals surface area contributed by atoms with E-state index in [0.717, 1.165) is 16.6 Å². The van der Waals surface area contributed by atoms with Gasteiger partial charge in [0.05, 0.1) is 10.6 Å². The van der Waals surface area contributed by atoms with Crippen LogP contribution in [0.25, 0.3) is 0 Å². The van der Waals surface area contributed by atoms with Crippen LogP contribution in [-0.4, -0.2) is 11.0 Å². The summed E-state index contributed by atoms with van der Waals surface area (Å²) in [6, 6.07) is 5.28. The number of nitrogens with one attached hydrogen (secondary N) is 1. The molecule has 0 spiro atoms. The highest BCUT2D eigenvalue weighted by Gasteiger charge is 2.31. The van der Waals surface area contributed by atoms with Crippen LogP contribution in [0.3, 0.4) is 0 Å². The molecule has 21 heavy (non-hydrogen) atoms. The van der Waals surface area contributed by atoms with E-state index in [1.807, 2.05) is 0 Å². The minimum atomic E-state index is -0.346. The highest BCUT2D eigenvalue weighted by molar-refractivity contribution is 9.10. The zero-order chi connectivity index (χ0) is 15.6. The Morgan fingerprint density at radius 3 is 2.71 bits per heavy atom. The Balaban J connectivity index is 2.22. The van der Waals surface area contributed by atoms with Crippen molar-refractivity contribution in [2.75, 3.05) is 5.32 Å². The zero-order valence-corrected chi connectivity index (χ0v) is 14.4. The standard InChI is InChI=1S/C16H23BrN2O2/c1-10(2)13-6-4-11(3)8-15(13)18-16-9-12(19(20)21)5-7-14(16)17/h5,7,9-11,13,15,18H,4,6,8H2,1-3H3. The van der Waals surface area contributed by atoms with Gasteiger partial charge in [0.1, 0.15) is 0 Å². The average molecular weight is 355 g/mol. The fourth-order valence-electron chi connectivity index (χ4n) is 3.31. The predicted molar refractivity (Wildman–Crippen MR) is 89.6 cm³/mol. The Kier molecular flexibility index (Phi) is 5.25. The number of nitrogens with zero attached hydrogens (tertiary/aromatic N) is 1. The van der Waals surface area contributed by atoms with Crippen LogP contribution < -0.4 is 5.32 Å². The van der Waals surface area contributed by atoms with Gasteiger partial charge in [0.25, 0.3) is 5.69 Å². The van der Waals surface area contributed by atoms with E-state index in [0.29, 0.717) is 23.8 Å². The topological polar surface area (TPSA) is 55.2 Å². The summed E-state index contributed by atoms with van der Waals surface area (Å²) >= 11 is 3.49. The van der Waals surface area contributed by atoms with E-state index in [1.54, 1.807) is 12.1 Å². The van der Waals surface area contributed by atoms with Gasteiger partial charge in [0.15, 0.2) is 0 Å². The summed E-state index contributed by atoms with van der Waals surface area (Å²) in [4.78, 5) is 10.6. The number of hydrogen-bond acceptors (Lipinski definition) is 3. The molecule has 0 saturated heterocycles. The van der Waals surface area contributed by atoms with Gasteiger partial charge in [0.2, 0.25) is 0 Å². The van der Waals surface area contributed by atoms with Crippen LogP contribution in [0.1, 0.15) is 40.0 Å². The summed E-state index contributed by atoms with van der Waals surface area (Å²) in [6.45, 7) is 6.81. The van der Waals surface area contributed by atoms with Gasteiger partial charge >= 0.3 is 0 Å². The summed E-state index contributed by atoms with van der Waals surface area (Å²) in [5.41, 5.74) is 0.958. The predicted octanol–water partition coefficient (Wildman–Crippen LogP) is 5.23. The molecule has 0 radical (unpaired) electrons. The van der Waals surface area contributed by atoms with E-state index in [2.05, 4.69) is 42.0 Å². The number of rotatable bonds is 4. The SMILES string of the molecule is CC1CCC(C(C)C)C(Nc2cc([N+](=O)[O-])ccc2Br)C1. The first kappa shape index (κ1) is 16.3. The van der Waals surface area contributed by atoms with Gasteiger partial charge in [-0.2, -0.15) is 0 Å². The molecule has 4 nitrogen and oxygen atoms in total. The number of nitro benzene ring substituents is 1. The van der Waals surface area contributed by atoms with Crippen molar-refractivity contribution in [1.29, 1.82) is 0 Å². The molecular weight excluding hydrogens is 332 g/mol. The van der Waals surface area contributed by atoms with Gasteiger partial charge in [-0.3, -0.25) is 10.1 Å². The third-order valence-corrected chi connectivity index (χ3v) is 5.22. The molecule has 1 N–H and O–H groups in total. The molecule has 1 saturated carbocycles. The molecule has 5 heteroatoms. The van der Waals surface area contributed by atoms with E-state index < -0.39 is 0 Å². The van der Waals surface area contributed by atoms with Crippen molar-refractivity contribution >= 4 is 27.3 Å². The molecule has 1 aromatic rings. The normalized spacial score (nSPS) is 25.9. The maximum absolute atomic E-state index is 10.9. The van der Waals surface area contributed by atoms with Crippen molar-refractivity contribution in [2.24, 2.45) is 17.8 Å². The number of hydrogen-bond donors (Lipinski definition) is 1. The molecule has 0 aliphatic heterocycles. The zero-order valence-electron chi connectivity index (χ0n) is 12.8. The van der Waals surface area contributed by atoms with Crippen LogP contribution in [0, 0.1) is 27.9 Å². The second kappa shape index (κ2) is 6.77. The Morgan fingerprint density at radius 2 is 2.10 bits per heavy atom. The first-order valence-electron chi connectivity index (χ1n) is 7.59. The van der Waals surface area contributed by atoms with Crippen LogP contribution in [0.2, 0.25) is 0 Å². The summed E-state index contributed by atoms with van der Waals surface area (Å²) < 4.78 is 0.883. The fourth-order valence-corrected chi connectivity index (χ4v) is 3.67. The number of benzene rings is 1. The lowest BCUT2D eigenvalue weighted by Crippen LogP contribution is -2.37. The summed E-state index contributed by atoms with van der Waals surface area (Å²) in [5.74, 6) is 1.94. The molecule has 1 aliphatic carbocycles. The Hall–Kier alpha value is -1.10. The van der Waals surface area contributed by atoms with Crippen LogP contribution >= 0.6 is 15.9 Å². The summed E-state index contributed by atoms with van der Waals surface area (Å²) in [5, 5.41) is 14.5. The van der Waals surface area contributed by atoms with Crippen LogP contribution in [-0.2, 0) is 0 Å². The molecule has 0 aromatic heterocycles. The highest BCUT2D eigenvalue weighted by Crippen LogP contribution is 2.37. The highest BCUT2D eigenvalue weighted by atomic mass is 79.9. The first-order valence-corrected chi connectivity index (χ1v) is 8.38. The molecule has 1 aliphatic rings. The van der Waals surface area contributed by atoms with Gasteiger partial charge in [-0.15, -0.1) is 0 Å². The molecule has 0 bridgehead atoms. The van der Waals surface area contributed by atoms with Crippen LogP contribution in [0.15, 0.2) is 22.7 Å². The second-order valence-corrected chi connectivity index (χ2v) is 7.35. The molecule has 0 amide bonds.